The zero-order valence-electron chi connectivity index (χ0n) is 19.5. The molecule has 0 atom stereocenters. The zero-order chi connectivity index (χ0) is 23.0. The summed E-state index contributed by atoms with van der Waals surface area (Å²) >= 11 is 1.60. The van der Waals surface area contributed by atoms with Crippen molar-refractivity contribution in [2.75, 3.05) is 18.9 Å². The topological polar surface area (TPSA) is 74.7 Å². The van der Waals surface area contributed by atoms with Gasteiger partial charge in [-0.15, -0.1) is 11.3 Å². The van der Waals surface area contributed by atoms with Gasteiger partial charge in [0.15, 0.2) is 0 Å². The van der Waals surface area contributed by atoms with Gasteiger partial charge in [0, 0.05) is 55.0 Å². The molecule has 2 aromatic heterocycles. The number of hydrogen-bond acceptors (Lipinski definition) is 5. The molecule has 2 aromatic rings. The lowest BCUT2D eigenvalue weighted by molar-refractivity contribution is -0.132. The predicted molar refractivity (Wildman–Crippen MR) is 134 cm³/mol. The molecule has 2 amide bonds. The molecular formula is C26H34N4O2S. The van der Waals surface area contributed by atoms with Crippen LogP contribution < -0.4 is 5.32 Å². The average molecular weight is 467 g/mol. The van der Waals surface area contributed by atoms with Crippen LogP contribution in [-0.4, -0.2) is 41.5 Å². The second-order valence-corrected chi connectivity index (χ2v) is 10.2. The highest BCUT2D eigenvalue weighted by atomic mass is 32.1. The number of carbonyl (C=O) groups is 2. The monoisotopic (exact) mass is 466 g/mol. The van der Waals surface area contributed by atoms with E-state index >= 15 is 0 Å². The van der Waals surface area contributed by atoms with Gasteiger partial charge in [-0.1, -0.05) is 38.2 Å². The number of pyridine rings is 1. The SMILES string of the molecule is CN=Cc1c(NC(=O)CCC2CCCCC2)sc2c1CCN(C(=O)CCc1ccccn1)C2. The molecule has 1 N–H and O–H groups in total. The van der Waals surface area contributed by atoms with Crippen LogP contribution in [0.2, 0.25) is 0 Å². The number of anilines is 1. The molecule has 0 bridgehead atoms. The molecule has 0 aromatic carbocycles. The molecule has 0 radical (unpaired) electrons. The van der Waals surface area contributed by atoms with Crippen LogP contribution in [0.4, 0.5) is 5.00 Å². The Kier molecular flexibility index (Phi) is 8.26. The minimum Gasteiger partial charge on any atom is -0.337 e. The van der Waals surface area contributed by atoms with Gasteiger partial charge >= 0.3 is 0 Å². The standard InChI is InChI=1S/C26H34N4O2S/c1-27-17-22-21-14-16-30(25(32)13-11-20-9-5-6-15-28-20)18-23(21)33-26(22)29-24(31)12-10-19-7-3-2-4-8-19/h5-6,9,15,17,19H,2-4,7-8,10-14,16,18H2,1H3,(H,29,31). The highest BCUT2D eigenvalue weighted by molar-refractivity contribution is 7.16. The Hall–Kier alpha value is -2.54. The van der Waals surface area contributed by atoms with E-state index in [1.165, 1.54) is 37.7 Å². The molecule has 0 spiro atoms. The van der Waals surface area contributed by atoms with Gasteiger partial charge in [-0.2, -0.15) is 0 Å². The van der Waals surface area contributed by atoms with Gasteiger partial charge in [-0.25, -0.2) is 0 Å². The Balaban J connectivity index is 1.37. The second-order valence-electron chi connectivity index (χ2n) is 9.11. The van der Waals surface area contributed by atoms with Gasteiger partial charge in [-0.05, 0) is 42.9 Å². The maximum absolute atomic E-state index is 12.8. The number of carbonyl (C=O) groups excluding carboxylic acids is 2. The number of rotatable bonds is 8. The van der Waals surface area contributed by atoms with E-state index in [1.807, 2.05) is 29.3 Å². The summed E-state index contributed by atoms with van der Waals surface area (Å²) in [4.78, 5) is 37.2. The molecule has 1 aliphatic heterocycles. The van der Waals surface area contributed by atoms with Gasteiger partial charge in [0.2, 0.25) is 11.8 Å². The van der Waals surface area contributed by atoms with Crippen molar-refractivity contribution in [2.45, 2.75) is 70.8 Å². The van der Waals surface area contributed by atoms with Crippen LogP contribution in [0, 0.1) is 5.92 Å². The summed E-state index contributed by atoms with van der Waals surface area (Å²) in [6.45, 7) is 1.30. The Morgan fingerprint density at radius 2 is 2.09 bits per heavy atom. The van der Waals surface area contributed by atoms with E-state index in [0.717, 1.165) is 34.0 Å². The van der Waals surface area contributed by atoms with Crippen LogP contribution in [-0.2, 0) is 29.0 Å². The fourth-order valence-corrected chi connectivity index (χ4v) is 6.19. The molecule has 1 saturated carbocycles. The van der Waals surface area contributed by atoms with Crippen LogP contribution in [0.3, 0.4) is 0 Å². The summed E-state index contributed by atoms with van der Waals surface area (Å²) in [6, 6.07) is 5.80. The molecule has 1 fully saturated rings. The number of amides is 2. The van der Waals surface area contributed by atoms with Crippen LogP contribution in [0.1, 0.15) is 73.1 Å². The third-order valence-electron chi connectivity index (χ3n) is 6.79. The maximum Gasteiger partial charge on any atom is 0.224 e. The molecular weight excluding hydrogens is 432 g/mol. The number of aliphatic imine (C=N–C) groups is 1. The lowest BCUT2D eigenvalue weighted by Crippen LogP contribution is -2.35. The fourth-order valence-electron chi connectivity index (χ4n) is 4.94. The van der Waals surface area contributed by atoms with E-state index in [9.17, 15) is 9.59 Å². The zero-order valence-corrected chi connectivity index (χ0v) is 20.3. The van der Waals surface area contributed by atoms with Gasteiger partial charge in [0.1, 0.15) is 5.00 Å². The van der Waals surface area contributed by atoms with E-state index in [-0.39, 0.29) is 11.8 Å². The second kappa shape index (κ2) is 11.5. The minimum absolute atomic E-state index is 0.0909. The van der Waals surface area contributed by atoms with Crippen LogP contribution in [0.5, 0.6) is 0 Å². The molecule has 3 heterocycles. The number of fused-ring (bicyclic) bond motifs is 1. The van der Waals surface area contributed by atoms with Crippen molar-refractivity contribution in [3.05, 3.63) is 46.1 Å². The summed E-state index contributed by atoms with van der Waals surface area (Å²) in [5.74, 6) is 0.945. The van der Waals surface area contributed by atoms with Crippen molar-refractivity contribution < 1.29 is 9.59 Å². The van der Waals surface area contributed by atoms with Crippen molar-refractivity contribution in [2.24, 2.45) is 10.9 Å². The third kappa shape index (κ3) is 6.28. The Bertz CT molecular complexity index is 980. The van der Waals surface area contributed by atoms with Gasteiger partial charge in [-0.3, -0.25) is 19.6 Å². The first-order valence-corrected chi connectivity index (χ1v) is 13.0. The number of nitrogens with zero attached hydrogens (tertiary/aromatic N) is 3. The first kappa shape index (κ1) is 23.6. The van der Waals surface area contributed by atoms with Gasteiger partial charge in [0.05, 0.1) is 6.54 Å². The van der Waals surface area contributed by atoms with Gasteiger partial charge < -0.3 is 10.2 Å². The molecule has 4 rings (SSSR count). The first-order chi connectivity index (χ1) is 16.1. The molecule has 0 unspecified atom stereocenters. The van der Waals surface area contributed by atoms with Gasteiger partial charge in [0.25, 0.3) is 0 Å². The van der Waals surface area contributed by atoms with Crippen molar-refractivity contribution in [3.8, 4) is 0 Å². The van der Waals surface area contributed by atoms with E-state index in [1.54, 1.807) is 24.6 Å². The van der Waals surface area contributed by atoms with E-state index in [4.69, 9.17) is 0 Å². The number of thiophene rings is 1. The number of aromatic nitrogens is 1. The van der Waals surface area contributed by atoms with Crippen LogP contribution in [0.25, 0.3) is 0 Å². The predicted octanol–water partition coefficient (Wildman–Crippen LogP) is 5.01. The minimum atomic E-state index is 0.0909. The maximum atomic E-state index is 12.8. The van der Waals surface area contributed by atoms with Crippen molar-refractivity contribution in [1.82, 2.24) is 9.88 Å². The average Bonchev–Trinajstić information content (AvgIpc) is 3.18. The Morgan fingerprint density at radius 1 is 1.24 bits per heavy atom. The van der Waals surface area contributed by atoms with Crippen molar-refractivity contribution >= 4 is 34.4 Å². The van der Waals surface area contributed by atoms with E-state index < -0.39 is 0 Å². The summed E-state index contributed by atoms with van der Waals surface area (Å²) < 4.78 is 0. The van der Waals surface area contributed by atoms with E-state index in [0.29, 0.717) is 38.3 Å². The smallest absolute Gasteiger partial charge is 0.224 e. The van der Waals surface area contributed by atoms with E-state index in [2.05, 4.69) is 15.3 Å². The Labute approximate surface area is 200 Å². The molecule has 7 heteroatoms. The summed E-state index contributed by atoms with van der Waals surface area (Å²) in [5.41, 5.74) is 3.19. The molecule has 0 saturated heterocycles. The highest BCUT2D eigenvalue weighted by Crippen LogP contribution is 2.37. The lowest BCUT2D eigenvalue weighted by Gasteiger charge is -2.27. The summed E-state index contributed by atoms with van der Waals surface area (Å²) in [6.07, 6.45) is 13.6. The van der Waals surface area contributed by atoms with Crippen molar-refractivity contribution in [3.63, 3.8) is 0 Å². The normalized spacial score (nSPS) is 16.7. The molecule has 2 aliphatic rings. The van der Waals surface area contributed by atoms with Crippen LogP contribution in [0.15, 0.2) is 29.4 Å². The Morgan fingerprint density at radius 3 is 2.85 bits per heavy atom. The quantitative estimate of drug-likeness (QED) is 0.556. The molecule has 33 heavy (non-hydrogen) atoms. The first-order valence-electron chi connectivity index (χ1n) is 12.2. The molecule has 6 nitrogen and oxygen atoms in total. The number of hydrogen-bond donors (Lipinski definition) is 1. The molecule has 176 valence electrons. The summed E-state index contributed by atoms with van der Waals surface area (Å²) in [7, 11) is 1.76. The largest absolute Gasteiger partial charge is 0.337 e. The van der Waals surface area contributed by atoms with Crippen molar-refractivity contribution in [1.29, 1.82) is 0 Å². The highest BCUT2D eigenvalue weighted by Gasteiger charge is 2.27. The summed E-state index contributed by atoms with van der Waals surface area (Å²) in [5, 5.41) is 4.04. The number of aryl methyl sites for hydroxylation is 1. The number of nitrogens with one attached hydrogen (secondary N) is 1. The molecule has 1 aliphatic carbocycles. The lowest BCUT2D eigenvalue weighted by atomic mass is 9.86. The van der Waals surface area contributed by atoms with Crippen LogP contribution >= 0.6 is 11.3 Å². The fraction of sp³-hybridized carbons (Fsp3) is 0.538. The third-order valence-corrected chi connectivity index (χ3v) is 7.94.